The predicted molar refractivity (Wildman–Crippen MR) is 144 cm³/mol. The Labute approximate surface area is 230 Å². The van der Waals surface area contributed by atoms with Gasteiger partial charge in [-0.05, 0) is 73.0 Å². The molecule has 4 aromatic carbocycles. The minimum Gasteiger partial charge on any atom is -0.507 e. The van der Waals surface area contributed by atoms with E-state index in [0.29, 0.717) is 23.3 Å². The molecule has 3 N–H and O–H groups in total. The highest BCUT2D eigenvalue weighted by atomic mass is 19.4. The lowest BCUT2D eigenvalue weighted by Gasteiger charge is -2.11. The van der Waals surface area contributed by atoms with E-state index in [-0.39, 0.29) is 28.2 Å². The minimum atomic E-state index is -4.87. The SMILES string of the molecule is Cc1ccc(-n2c(O)c(N=Nc3ccc(-c4ccccc4O)cc3C(=O)O)c3c(F)cc(C(F)(F)F)cc32)cc1C. The third-order valence-corrected chi connectivity index (χ3v) is 6.75. The minimum absolute atomic E-state index is 0.0732. The molecule has 0 saturated heterocycles. The van der Waals surface area contributed by atoms with Crippen LogP contribution in [0.15, 0.2) is 83.0 Å². The number of hydrogen-bond donors (Lipinski definition) is 3. The molecule has 11 heteroatoms. The zero-order valence-electron chi connectivity index (χ0n) is 21.5. The van der Waals surface area contributed by atoms with Crippen molar-refractivity contribution in [2.45, 2.75) is 20.0 Å². The molecule has 0 aliphatic carbocycles. The van der Waals surface area contributed by atoms with Crippen LogP contribution in [0.4, 0.5) is 28.9 Å². The number of phenols is 1. The van der Waals surface area contributed by atoms with Gasteiger partial charge < -0.3 is 15.3 Å². The predicted octanol–water partition coefficient (Wildman–Crippen LogP) is 8.60. The summed E-state index contributed by atoms with van der Waals surface area (Å²) in [5, 5.41) is 38.5. The normalized spacial score (nSPS) is 12.0. The van der Waals surface area contributed by atoms with Gasteiger partial charge in [-0.15, -0.1) is 10.2 Å². The number of aromatic hydroxyl groups is 2. The number of para-hydroxylation sites is 1. The number of benzene rings is 4. The van der Waals surface area contributed by atoms with Crippen LogP contribution in [-0.2, 0) is 6.18 Å². The van der Waals surface area contributed by atoms with Crippen LogP contribution in [0.5, 0.6) is 11.6 Å². The molecule has 208 valence electrons. The molecule has 1 aromatic heterocycles. The quantitative estimate of drug-likeness (QED) is 0.147. The van der Waals surface area contributed by atoms with Gasteiger partial charge in [0.2, 0.25) is 5.88 Å². The molecule has 0 saturated carbocycles. The molecule has 0 unspecified atom stereocenters. The summed E-state index contributed by atoms with van der Waals surface area (Å²) in [7, 11) is 0. The molecule has 0 spiro atoms. The molecular formula is C30H21F4N3O4. The van der Waals surface area contributed by atoms with Crippen molar-refractivity contribution in [2.24, 2.45) is 10.2 Å². The third kappa shape index (κ3) is 4.97. The van der Waals surface area contributed by atoms with E-state index >= 15 is 4.39 Å². The molecule has 5 rings (SSSR count). The van der Waals surface area contributed by atoms with Gasteiger partial charge in [-0.25, -0.2) is 9.18 Å². The van der Waals surface area contributed by atoms with Crippen molar-refractivity contribution in [1.82, 2.24) is 4.57 Å². The first-order chi connectivity index (χ1) is 19.4. The van der Waals surface area contributed by atoms with Crippen LogP contribution in [0.2, 0.25) is 0 Å². The number of halogens is 4. The molecule has 0 bridgehead atoms. The Morgan fingerprint density at radius 2 is 1.61 bits per heavy atom. The molecule has 0 fully saturated rings. The summed E-state index contributed by atoms with van der Waals surface area (Å²) < 4.78 is 57.0. The van der Waals surface area contributed by atoms with Gasteiger partial charge in [0, 0.05) is 11.3 Å². The van der Waals surface area contributed by atoms with Crippen molar-refractivity contribution in [3.63, 3.8) is 0 Å². The molecule has 0 radical (unpaired) electrons. The van der Waals surface area contributed by atoms with E-state index in [1.165, 1.54) is 24.3 Å². The van der Waals surface area contributed by atoms with E-state index in [9.17, 15) is 33.3 Å². The van der Waals surface area contributed by atoms with Gasteiger partial charge in [0.25, 0.3) is 0 Å². The number of carboxylic acids is 1. The summed E-state index contributed by atoms with van der Waals surface area (Å²) in [5.41, 5.74) is 0.133. The standard InChI is InChI=1S/C30H21F4N3O4/c1-15-7-9-19(11-16(15)2)37-24-14-18(30(32,33)34)13-22(31)26(24)27(28(37)39)36-35-23-10-8-17(12-21(23)29(40)41)20-5-3-4-6-25(20)38/h3-14,38-39H,1-2H3,(H,40,41). The monoisotopic (exact) mass is 563 g/mol. The number of rotatable bonds is 5. The summed E-state index contributed by atoms with van der Waals surface area (Å²) in [4.78, 5) is 12.0. The van der Waals surface area contributed by atoms with E-state index in [1.807, 2.05) is 6.92 Å². The van der Waals surface area contributed by atoms with Crippen LogP contribution in [0.1, 0.15) is 27.0 Å². The summed E-state index contributed by atoms with van der Waals surface area (Å²) in [6.45, 7) is 3.61. The maximum atomic E-state index is 15.3. The first-order valence-corrected chi connectivity index (χ1v) is 12.2. The number of aryl methyl sites for hydroxylation is 2. The zero-order chi connectivity index (χ0) is 29.6. The Hall–Kier alpha value is -5.19. The van der Waals surface area contributed by atoms with Gasteiger partial charge in [0.15, 0.2) is 5.69 Å². The van der Waals surface area contributed by atoms with Crippen LogP contribution in [0.3, 0.4) is 0 Å². The molecule has 1 heterocycles. The fraction of sp³-hybridized carbons (Fsp3) is 0.100. The second kappa shape index (κ2) is 10.1. The maximum Gasteiger partial charge on any atom is 0.416 e. The Kier molecular flexibility index (Phi) is 6.74. The lowest BCUT2D eigenvalue weighted by molar-refractivity contribution is -0.137. The van der Waals surface area contributed by atoms with Crippen molar-refractivity contribution >= 4 is 28.2 Å². The van der Waals surface area contributed by atoms with E-state index in [4.69, 9.17) is 0 Å². The largest absolute Gasteiger partial charge is 0.507 e. The molecule has 0 atom stereocenters. The van der Waals surface area contributed by atoms with Crippen LogP contribution in [0.25, 0.3) is 27.7 Å². The number of nitrogens with zero attached hydrogens (tertiary/aromatic N) is 3. The highest BCUT2D eigenvalue weighted by Crippen LogP contribution is 2.45. The summed E-state index contributed by atoms with van der Waals surface area (Å²) in [6.07, 6.45) is -4.87. The first-order valence-electron chi connectivity index (χ1n) is 12.2. The number of carbonyl (C=O) groups is 1. The van der Waals surface area contributed by atoms with Gasteiger partial charge in [0.05, 0.1) is 22.0 Å². The Morgan fingerprint density at radius 1 is 0.878 bits per heavy atom. The number of carboxylic acid groups (broad SMARTS) is 1. The van der Waals surface area contributed by atoms with Gasteiger partial charge >= 0.3 is 12.1 Å². The molecule has 0 amide bonds. The summed E-state index contributed by atoms with van der Waals surface area (Å²) >= 11 is 0. The highest BCUT2D eigenvalue weighted by Gasteiger charge is 2.34. The Morgan fingerprint density at radius 3 is 2.27 bits per heavy atom. The topological polar surface area (TPSA) is 107 Å². The second-order valence-corrected chi connectivity index (χ2v) is 9.38. The van der Waals surface area contributed by atoms with Gasteiger partial charge in [-0.3, -0.25) is 4.57 Å². The summed E-state index contributed by atoms with van der Waals surface area (Å²) in [6, 6.07) is 16.3. The molecule has 5 aromatic rings. The Balaban J connectivity index is 1.71. The second-order valence-electron chi connectivity index (χ2n) is 9.38. The molecule has 7 nitrogen and oxygen atoms in total. The van der Waals surface area contributed by atoms with Crippen molar-refractivity contribution in [3.8, 4) is 28.4 Å². The lowest BCUT2D eigenvalue weighted by Crippen LogP contribution is -2.06. The van der Waals surface area contributed by atoms with E-state index < -0.39 is 40.5 Å². The highest BCUT2D eigenvalue weighted by molar-refractivity contribution is 5.98. The van der Waals surface area contributed by atoms with E-state index in [0.717, 1.165) is 15.7 Å². The third-order valence-electron chi connectivity index (χ3n) is 6.75. The number of alkyl halides is 3. The average molecular weight is 564 g/mol. The number of fused-ring (bicyclic) bond motifs is 1. The van der Waals surface area contributed by atoms with Gasteiger partial charge in [0.1, 0.15) is 17.3 Å². The number of aromatic nitrogens is 1. The fourth-order valence-electron chi connectivity index (χ4n) is 4.50. The average Bonchev–Trinajstić information content (AvgIpc) is 3.20. The van der Waals surface area contributed by atoms with E-state index in [2.05, 4.69) is 10.2 Å². The number of aromatic carboxylic acids is 1. The van der Waals surface area contributed by atoms with Gasteiger partial charge in [-0.2, -0.15) is 13.2 Å². The smallest absolute Gasteiger partial charge is 0.416 e. The van der Waals surface area contributed by atoms with Crippen molar-refractivity contribution in [3.05, 3.63) is 101 Å². The van der Waals surface area contributed by atoms with Crippen molar-refractivity contribution in [1.29, 1.82) is 0 Å². The molecule has 0 aliphatic rings. The zero-order valence-corrected chi connectivity index (χ0v) is 21.5. The maximum absolute atomic E-state index is 15.3. The molecular weight excluding hydrogens is 542 g/mol. The first kappa shape index (κ1) is 27.4. The van der Waals surface area contributed by atoms with Crippen molar-refractivity contribution in [2.75, 3.05) is 0 Å². The Bertz CT molecular complexity index is 1880. The number of phenolic OH excluding ortho intramolecular Hbond substituents is 1. The van der Waals surface area contributed by atoms with E-state index in [1.54, 1.807) is 43.3 Å². The number of hydrogen-bond acceptors (Lipinski definition) is 5. The molecule has 41 heavy (non-hydrogen) atoms. The van der Waals surface area contributed by atoms with Crippen LogP contribution < -0.4 is 0 Å². The number of azo groups is 1. The molecule has 0 aliphatic heterocycles. The summed E-state index contributed by atoms with van der Waals surface area (Å²) in [5.74, 6) is -3.43. The van der Waals surface area contributed by atoms with Crippen LogP contribution in [0, 0.1) is 19.7 Å². The van der Waals surface area contributed by atoms with Crippen LogP contribution >= 0.6 is 0 Å². The lowest BCUT2D eigenvalue weighted by atomic mass is 10.0. The van der Waals surface area contributed by atoms with Crippen molar-refractivity contribution < 1.29 is 37.7 Å². The van der Waals surface area contributed by atoms with Gasteiger partial charge in [-0.1, -0.05) is 30.3 Å². The van der Waals surface area contributed by atoms with Crippen LogP contribution in [-0.4, -0.2) is 25.9 Å². The fourth-order valence-corrected chi connectivity index (χ4v) is 4.50.